The SMILES string of the molecule is C=C(C)CC(O)CCc1ccccc1C. The molecule has 1 N–H and O–H groups in total. The van der Waals surface area contributed by atoms with Crippen LogP contribution in [0, 0.1) is 6.92 Å². The number of aryl methyl sites for hydroxylation is 2. The summed E-state index contributed by atoms with van der Waals surface area (Å²) in [6.45, 7) is 7.87. The van der Waals surface area contributed by atoms with E-state index in [4.69, 9.17) is 0 Å². The summed E-state index contributed by atoms with van der Waals surface area (Å²) in [7, 11) is 0. The van der Waals surface area contributed by atoms with Crippen molar-refractivity contribution in [2.24, 2.45) is 0 Å². The predicted octanol–water partition coefficient (Wildman–Crippen LogP) is 3.25. The first kappa shape index (κ1) is 12.0. The highest BCUT2D eigenvalue weighted by Crippen LogP contribution is 2.13. The lowest BCUT2D eigenvalue weighted by Crippen LogP contribution is -2.08. The molecule has 0 aliphatic heterocycles. The van der Waals surface area contributed by atoms with Crippen molar-refractivity contribution in [1.29, 1.82) is 0 Å². The number of benzene rings is 1. The molecule has 1 unspecified atom stereocenters. The molecule has 82 valence electrons. The van der Waals surface area contributed by atoms with Crippen LogP contribution in [0.1, 0.15) is 30.9 Å². The van der Waals surface area contributed by atoms with Crippen LogP contribution in [0.3, 0.4) is 0 Å². The van der Waals surface area contributed by atoms with E-state index in [1.807, 2.05) is 19.1 Å². The van der Waals surface area contributed by atoms with Gasteiger partial charge in [-0.05, 0) is 44.2 Å². The van der Waals surface area contributed by atoms with E-state index in [2.05, 4.69) is 25.6 Å². The van der Waals surface area contributed by atoms with Crippen LogP contribution in [-0.4, -0.2) is 11.2 Å². The Bertz CT molecular complexity index is 328. The zero-order valence-corrected chi connectivity index (χ0v) is 9.66. The predicted molar refractivity (Wildman–Crippen MR) is 64.9 cm³/mol. The van der Waals surface area contributed by atoms with Crippen LogP contribution in [0.5, 0.6) is 0 Å². The van der Waals surface area contributed by atoms with E-state index < -0.39 is 0 Å². The summed E-state index contributed by atoms with van der Waals surface area (Å²) in [6.07, 6.45) is 2.23. The summed E-state index contributed by atoms with van der Waals surface area (Å²) in [5, 5.41) is 9.71. The van der Waals surface area contributed by atoms with E-state index in [9.17, 15) is 5.11 Å². The zero-order valence-electron chi connectivity index (χ0n) is 9.66. The Morgan fingerprint density at radius 3 is 2.67 bits per heavy atom. The van der Waals surface area contributed by atoms with Gasteiger partial charge < -0.3 is 5.11 Å². The van der Waals surface area contributed by atoms with Gasteiger partial charge in [-0.3, -0.25) is 0 Å². The van der Waals surface area contributed by atoms with Crippen molar-refractivity contribution >= 4 is 0 Å². The molecule has 15 heavy (non-hydrogen) atoms. The fourth-order valence-corrected chi connectivity index (χ4v) is 1.72. The van der Waals surface area contributed by atoms with E-state index in [1.54, 1.807) is 0 Å². The van der Waals surface area contributed by atoms with Gasteiger partial charge in [0.2, 0.25) is 0 Å². The Kier molecular flexibility index (Phi) is 4.57. The van der Waals surface area contributed by atoms with Gasteiger partial charge in [0, 0.05) is 0 Å². The van der Waals surface area contributed by atoms with Gasteiger partial charge in [-0.15, -0.1) is 6.58 Å². The Morgan fingerprint density at radius 2 is 2.07 bits per heavy atom. The minimum Gasteiger partial charge on any atom is -0.393 e. The highest BCUT2D eigenvalue weighted by molar-refractivity contribution is 5.25. The van der Waals surface area contributed by atoms with Crippen LogP contribution in [0.2, 0.25) is 0 Å². The molecule has 0 saturated heterocycles. The summed E-state index contributed by atoms with van der Waals surface area (Å²) in [5.41, 5.74) is 3.69. The van der Waals surface area contributed by atoms with Crippen LogP contribution >= 0.6 is 0 Å². The molecule has 0 fully saturated rings. The molecule has 0 aliphatic rings. The van der Waals surface area contributed by atoms with Crippen LogP contribution in [-0.2, 0) is 6.42 Å². The van der Waals surface area contributed by atoms with Crippen LogP contribution in [0.25, 0.3) is 0 Å². The first-order chi connectivity index (χ1) is 7.09. The molecule has 0 aromatic heterocycles. The fourth-order valence-electron chi connectivity index (χ4n) is 1.72. The monoisotopic (exact) mass is 204 g/mol. The maximum atomic E-state index is 9.71. The summed E-state index contributed by atoms with van der Waals surface area (Å²) in [6, 6.07) is 8.33. The number of hydrogen-bond acceptors (Lipinski definition) is 1. The van der Waals surface area contributed by atoms with Crippen LogP contribution in [0.15, 0.2) is 36.4 Å². The quantitative estimate of drug-likeness (QED) is 0.730. The van der Waals surface area contributed by atoms with Gasteiger partial charge in [0.15, 0.2) is 0 Å². The second-order valence-electron chi connectivity index (χ2n) is 4.28. The molecular weight excluding hydrogens is 184 g/mol. The third kappa shape index (κ3) is 4.30. The van der Waals surface area contributed by atoms with E-state index in [1.165, 1.54) is 11.1 Å². The average Bonchev–Trinajstić information content (AvgIpc) is 2.15. The average molecular weight is 204 g/mol. The maximum Gasteiger partial charge on any atom is 0.0580 e. The van der Waals surface area contributed by atoms with Gasteiger partial charge >= 0.3 is 0 Å². The highest BCUT2D eigenvalue weighted by Gasteiger charge is 2.05. The lowest BCUT2D eigenvalue weighted by Gasteiger charge is -2.11. The lowest BCUT2D eigenvalue weighted by atomic mass is 10.00. The second-order valence-corrected chi connectivity index (χ2v) is 4.28. The van der Waals surface area contributed by atoms with E-state index in [0.29, 0.717) is 6.42 Å². The summed E-state index contributed by atoms with van der Waals surface area (Å²) < 4.78 is 0. The van der Waals surface area contributed by atoms with Gasteiger partial charge in [0.25, 0.3) is 0 Å². The van der Waals surface area contributed by atoms with Gasteiger partial charge in [0.1, 0.15) is 0 Å². The molecule has 1 aromatic carbocycles. The zero-order chi connectivity index (χ0) is 11.3. The van der Waals surface area contributed by atoms with Gasteiger partial charge in [-0.1, -0.05) is 29.8 Å². The topological polar surface area (TPSA) is 20.2 Å². The highest BCUT2D eigenvalue weighted by atomic mass is 16.3. The molecule has 1 heteroatoms. The molecule has 0 saturated carbocycles. The van der Waals surface area contributed by atoms with Crippen LogP contribution in [0.4, 0.5) is 0 Å². The van der Waals surface area contributed by atoms with Gasteiger partial charge in [-0.25, -0.2) is 0 Å². The number of aliphatic hydroxyl groups is 1. The summed E-state index contributed by atoms with van der Waals surface area (Å²) >= 11 is 0. The lowest BCUT2D eigenvalue weighted by molar-refractivity contribution is 0.165. The normalized spacial score (nSPS) is 12.5. The Labute approximate surface area is 92.5 Å². The molecular formula is C14H20O. The van der Waals surface area contributed by atoms with Crippen molar-refractivity contribution < 1.29 is 5.11 Å². The summed E-state index contributed by atoms with van der Waals surface area (Å²) in [4.78, 5) is 0. The van der Waals surface area contributed by atoms with Crippen LogP contribution < -0.4 is 0 Å². The minimum atomic E-state index is -0.248. The molecule has 1 atom stereocenters. The Balaban J connectivity index is 2.43. The molecule has 1 nitrogen and oxygen atoms in total. The molecule has 0 bridgehead atoms. The molecule has 0 radical (unpaired) electrons. The molecule has 0 amide bonds. The minimum absolute atomic E-state index is 0.248. The molecule has 0 heterocycles. The molecule has 0 aliphatic carbocycles. The summed E-state index contributed by atoms with van der Waals surface area (Å²) in [5.74, 6) is 0. The van der Waals surface area contributed by atoms with E-state index in [-0.39, 0.29) is 6.10 Å². The largest absolute Gasteiger partial charge is 0.393 e. The van der Waals surface area contributed by atoms with Crippen molar-refractivity contribution in [2.75, 3.05) is 0 Å². The molecule has 0 spiro atoms. The number of hydrogen-bond donors (Lipinski definition) is 1. The number of rotatable bonds is 5. The van der Waals surface area contributed by atoms with E-state index in [0.717, 1.165) is 18.4 Å². The van der Waals surface area contributed by atoms with Crippen molar-refractivity contribution in [3.63, 3.8) is 0 Å². The van der Waals surface area contributed by atoms with Crippen molar-refractivity contribution in [2.45, 2.75) is 39.2 Å². The first-order valence-corrected chi connectivity index (χ1v) is 5.46. The smallest absolute Gasteiger partial charge is 0.0580 e. The fraction of sp³-hybridized carbons (Fsp3) is 0.429. The van der Waals surface area contributed by atoms with Crippen molar-refractivity contribution in [3.05, 3.63) is 47.5 Å². The molecule has 1 rings (SSSR count). The Morgan fingerprint density at radius 1 is 1.40 bits per heavy atom. The van der Waals surface area contributed by atoms with E-state index >= 15 is 0 Å². The standard InChI is InChI=1S/C14H20O/c1-11(2)10-14(15)9-8-13-7-5-4-6-12(13)3/h4-7,14-15H,1,8-10H2,2-3H3. The second kappa shape index (κ2) is 5.72. The van der Waals surface area contributed by atoms with Crippen molar-refractivity contribution in [1.82, 2.24) is 0 Å². The molecule has 1 aromatic rings. The first-order valence-electron chi connectivity index (χ1n) is 5.46. The third-order valence-electron chi connectivity index (χ3n) is 2.59. The number of aliphatic hydroxyl groups excluding tert-OH is 1. The third-order valence-corrected chi connectivity index (χ3v) is 2.59. The Hall–Kier alpha value is -1.08. The van der Waals surface area contributed by atoms with Crippen molar-refractivity contribution in [3.8, 4) is 0 Å². The maximum absolute atomic E-state index is 9.71. The van der Waals surface area contributed by atoms with Gasteiger partial charge in [-0.2, -0.15) is 0 Å². The van der Waals surface area contributed by atoms with Gasteiger partial charge in [0.05, 0.1) is 6.10 Å².